The van der Waals surface area contributed by atoms with Crippen LogP contribution in [0.4, 0.5) is 4.39 Å². The predicted octanol–water partition coefficient (Wildman–Crippen LogP) is 5.10. The van der Waals surface area contributed by atoms with E-state index < -0.39 is 49.8 Å². The molecule has 0 bridgehead atoms. The minimum Gasteiger partial charge on any atom is -0.506 e. The van der Waals surface area contributed by atoms with Crippen LogP contribution < -0.4 is 5.73 Å². The van der Waals surface area contributed by atoms with E-state index in [1.165, 1.54) is 43.3 Å². The fourth-order valence-electron chi connectivity index (χ4n) is 4.41. The number of H-pyrrole nitrogens is 1. The summed E-state index contributed by atoms with van der Waals surface area (Å²) in [7, 11) is -4.71. The standard InChI is InChI=1S/C31H25FN4O5S/c1-18(37)30(33)36-42(40,41)29-22(19-9-3-2-4-10-19)13-8-14-23(29)28(39)26(27(38)20-11-7-12-21(32)17-20)31-34-24-15-5-6-16-25(24)35-31/h2-18,37-38H,1H3,(H2,33,36)(H,34,35)/t18-/m1/s1. The Labute approximate surface area is 240 Å². The van der Waals surface area contributed by atoms with E-state index in [4.69, 9.17) is 5.73 Å². The third-order valence-corrected chi connectivity index (χ3v) is 7.85. The molecule has 0 saturated heterocycles. The number of fused-ring (bicyclic) bond motifs is 1. The smallest absolute Gasteiger partial charge is 0.285 e. The van der Waals surface area contributed by atoms with Gasteiger partial charge < -0.3 is 20.9 Å². The van der Waals surface area contributed by atoms with E-state index in [9.17, 15) is 27.8 Å². The van der Waals surface area contributed by atoms with Crippen molar-refractivity contribution in [2.45, 2.75) is 17.9 Å². The largest absolute Gasteiger partial charge is 0.506 e. The number of aromatic nitrogens is 2. The van der Waals surface area contributed by atoms with Gasteiger partial charge in [-0.2, -0.15) is 8.42 Å². The molecule has 0 spiro atoms. The highest BCUT2D eigenvalue weighted by atomic mass is 32.2. The van der Waals surface area contributed by atoms with Crippen LogP contribution in [0, 0.1) is 5.82 Å². The number of Topliss-reactive ketones (excluding diaryl/α,β-unsaturated/α-hetero) is 1. The maximum atomic E-state index is 14.4. The summed E-state index contributed by atoms with van der Waals surface area (Å²) in [4.78, 5) is 21.4. The highest BCUT2D eigenvalue weighted by molar-refractivity contribution is 7.90. The zero-order valence-electron chi connectivity index (χ0n) is 22.2. The average molecular weight is 585 g/mol. The van der Waals surface area contributed by atoms with Crippen molar-refractivity contribution in [3.63, 3.8) is 0 Å². The van der Waals surface area contributed by atoms with Crippen LogP contribution in [0.25, 0.3) is 33.5 Å². The van der Waals surface area contributed by atoms with Gasteiger partial charge in [-0.3, -0.25) is 4.79 Å². The van der Waals surface area contributed by atoms with Gasteiger partial charge in [0.25, 0.3) is 10.0 Å². The minimum atomic E-state index is -4.71. The first-order valence-electron chi connectivity index (χ1n) is 12.7. The van der Waals surface area contributed by atoms with E-state index in [1.807, 2.05) is 0 Å². The number of allylic oxidation sites excluding steroid dienone is 1. The van der Waals surface area contributed by atoms with Crippen LogP contribution in [-0.4, -0.2) is 46.3 Å². The molecule has 5 aromatic rings. The number of rotatable bonds is 8. The first kappa shape index (κ1) is 28.4. The Morgan fingerprint density at radius 1 is 0.976 bits per heavy atom. The maximum absolute atomic E-state index is 14.4. The second-order valence-corrected chi connectivity index (χ2v) is 10.9. The predicted molar refractivity (Wildman–Crippen MR) is 159 cm³/mol. The lowest BCUT2D eigenvalue weighted by atomic mass is 9.95. The van der Waals surface area contributed by atoms with E-state index in [0.29, 0.717) is 16.6 Å². The fourth-order valence-corrected chi connectivity index (χ4v) is 5.84. The first-order valence-corrected chi connectivity index (χ1v) is 14.2. The maximum Gasteiger partial charge on any atom is 0.285 e. The number of nitrogens with zero attached hydrogens (tertiary/aromatic N) is 2. The number of halogens is 1. The highest BCUT2D eigenvalue weighted by Crippen LogP contribution is 2.36. The Morgan fingerprint density at radius 2 is 1.67 bits per heavy atom. The quantitative estimate of drug-likeness (QED) is 0.0649. The number of carbonyl (C=O) groups excluding carboxylic acids is 1. The number of hydrogen-bond acceptors (Lipinski definition) is 6. The number of aromatic amines is 1. The van der Waals surface area contributed by atoms with E-state index in [-0.39, 0.29) is 22.5 Å². The van der Waals surface area contributed by atoms with E-state index in [0.717, 1.165) is 6.07 Å². The molecule has 4 aromatic carbocycles. The van der Waals surface area contributed by atoms with Gasteiger partial charge >= 0.3 is 0 Å². The number of hydrogen-bond donors (Lipinski definition) is 4. The second kappa shape index (κ2) is 11.4. The number of para-hydroxylation sites is 2. The van der Waals surface area contributed by atoms with Crippen molar-refractivity contribution < 1.29 is 27.8 Å². The summed E-state index contributed by atoms with van der Waals surface area (Å²) >= 11 is 0. The molecule has 0 fully saturated rings. The molecule has 0 radical (unpaired) electrons. The lowest BCUT2D eigenvalue weighted by molar-refractivity contribution is 0.105. The SMILES string of the molecule is C[C@@H](O)C(N)=NS(=O)(=O)c1c(C(=O)C(=C(O)c2cccc(F)c2)c2nc3ccccc3[nH]2)cccc1-c1ccccc1. The number of carbonyl (C=O) groups is 1. The molecule has 0 aliphatic carbocycles. The van der Waals surface area contributed by atoms with Crippen molar-refractivity contribution in [3.05, 3.63) is 120 Å². The molecule has 42 heavy (non-hydrogen) atoms. The molecule has 5 N–H and O–H groups in total. The number of ketones is 1. The Kier molecular flexibility index (Phi) is 7.70. The van der Waals surface area contributed by atoms with Gasteiger partial charge in [-0.1, -0.05) is 66.7 Å². The van der Waals surface area contributed by atoms with Crippen LogP contribution in [-0.2, 0) is 10.0 Å². The van der Waals surface area contributed by atoms with Gasteiger partial charge in [0.15, 0.2) is 0 Å². The molecule has 9 nitrogen and oxygen atoms in total. The number of imidazole rings is 1. The number of aliphatic hydroxyl groups excluding tert-OH is 2. The molecule has 11 heteroatoms. The molecule has 0 aliphatic rings. The Bertz CT molecular complexity index is 1950. The molecular weight excluding hydrogens is 559 g/mol. The summed E-state index contributed by atoms with van der Waals surface area (Å²) in [6, 6.07) is 24.6. The van der Waals surface area contributed by atoms with Crippen LogP contribution in [0.2, 0.25) is 0 Å². The number of benzene rings is 4. The molecule has 1 aromatic heterocycles. The van der Waals surface area contributed by atoms with E-state index in [2.05, 4.69) is 14.4 Å². The van der Waals surface area contributed by atoms with Crippen molar-refractivity contribution >= 4 is 44.0 Å². The lowest BCUT2D eigenvalue weighted by Crippen LogP contribution is -2.27. The van der Waals surface area contributed by atoms with Crippen LogP contribution in [0.5, 0.6) is 0 Å². The van der Waals surface area contributed by atoms with Gasteiger partial charge in [-0.05, 0) is 42.8 Å². The Hall–Kier alpha value is -5.13. The van der Waals surface area contributed by atoms with Gasteiger partial charge in [0, 0.05) is 16.7 Å². The molecule has 212 valence electrons. The van der Waals surface area contributed by atoms with Crippen molar-refractivity contribution in [2.24, 2.45) is 10.1 Å². The molecule has 1 atom stereocenters. The minimum absolute atomic E-state index is 0.0289. The molecule has 1 heterocycles. The molecular formula is C31H25FN4O5S. The number of nitrogens with two attached hydrogens (primary N) is 1. The van der Waals surface area contributed by atoms with Gasteiger partial charge in [-0.15, -0.1) is 4.40 Å². The van der Waals surface area contributed by atoms with Crippen molar-refractivity contribution in [1.82, 2.24) is 9.97 Å². The average Bonchev–Trinajstić information content (AvgIpc) is 3.40. The van der Waals surface area contributed by atoms with Gasteiger partial charge in [0.05, 0.1) is 11.0 Å². The van der Waals surface area contributed by atoms with Crippen LogP contribution in [0.1, 0.15) is 28.7 Å². The van der Waals surface area contributed by atoms with Crippen LogP contribution in [0.3, 0.4) is 0 Å². The molecule has 0 unspecified atom stereocenters. The number of sulfonamides is 1. The summed E-state index contributed by atoms with van der Waals surface area (Å²) in [5, 5.41) is 21.3. The van der Waals surface area contributed by atoms with Gasteiger partial charge in [0.1, 0.15) is 39.8 Å². The fraction of sp³-hybridized carbons (Fsp3) is 0.0645. The zero-order valence-corrected chi connectivity index (χ0v) is 23.0. The zero-order chi connectivity index (χ0) is 30.0. The topological polar surface area (TPSA) is 159 Å². The number of nitrogens with one attached hydrogen (secondary N) is 1. The molecule has 0 aliphatic heterocycles. The summed E-state index contributed by atoms with van der Waals surface area (Å²) in [5.41, 5.74) is 6.57. The monoisotopic (exact) mass is 584 g/mol. The van der Waals surface area contributed by atoms with Crippen molar-refractivity contribution in [2.75, 3.05) is 0 Å². The molecule has 0 saturated carbocycles. The van der Waals surface area contributed by atoms with Gasteiger partial charge in [0.2, 0.25) is 5.78 Å². The Morgan fingerprint density at radius 3 is 2.36 bits per heavy atom. The molecule has 5 rings (SSSR count). The first-order chi connectivity index (χ1) is 20.1. The summed E-state index contributed by atoms with van der Waals surface area (Å²) in [6.07, 6.45) is -1.38. The highest BCUT2D eigenvalue weighted by Gasteiger charge is 2.32. The third-order valence-electron chi connectivity index (χ3n) is 6.44. The van der Waals surface area contributed by atoms with Crippen LogP contribution in [0.15, 0.2) is 106 Å². The summed E-state index contributed by atoms with van der Waals surface area (Å²) < 4.78 is 45.3. The third kappa shape index (κ3) is 5.55. The normalized spacial score (nSPS) is 13.5. The Balaban J connectivity index is 1.83. The van der Waals surface area contributed by atoms with Crippen molar-refractivity contribution in [1.29, 1.82) is 0 Å². The van der Waals surface area contributed by atoms with Gasteiger partial charge in [-0.25, -0.2) is 9.37 Å². The van der Waals surface area contributed by atoms with Crippen molar-refractivity contribution in [3.8, 4) is 11.1 Å². The number of aliphatic hydroxyl groups is 2. The van der Waals surface area contributed by atoms with Crippen LogP contribution >= 0.6 is 0 Å². The van der Waals surface area contributed by atoms with E-state index in [1.54, 1.807) is 54.6 Å². The van der Waals surface area contributed by atoms with E-state index >= 15 is 0 Å². The molecule has 0 amide bonds. The lowest BCUT2D eigenvalue weighted by Gasteiger charge is -2.15. The summed E-state index contributed by atoms with van der Waals surface area (Å²) in [5.74, 6) is -2.86. The number of amidine groups is 1. The second-order valence-electron chi connectivity index (χ2n) is 9.38. The summed E-state index contributed by atoms with van der Waals surface area (Å²) in [6.45, 7) is 1.25.